The summed E-state index contributed by atoms with van der Waals surface area (Å²) < 4.78 is 11.8. The number of carbonyl (C=O) groups is 2. The summed E-state index contributed by atoms with van der Waals surface area (Å²) in [6.07, 6.45) is -4.59. The van der Waals surface area contributed by atoms with Crippen molar-refractivity contribution in [1.82, 2.24) is 0 Å². The molecule has 0 spiro atoms. The molecule has 1 heterocycles. The lowest BCUT2D eigenvalue weighted by atomic mass is 9.85. The fourth-order valence-corrected chi connectivity index (χ4v) is 7.36. The summed E-state index contributed by atoms with van der Waals surface area (Å²) in [4.78, 5) is 25.9. The van der Waals surface area contributed by atoms with E-state index in [1.807, 2.05) is 42.5 Å². The van der Waals surface area contributed by atoms with Crippen LogP contribution >= 0.6 is 0 Å². The van der Waals surface area contributed by atoms with Crippen LogP contribution in [0, 0.1) is 6.92 Å². The highest BCUT2D eigenvalue weighted by atomic mass is 16.7. The number of fused-ring (bicyclic) bond motifs is 1. The normalized spacial score (nSPS) is 23.2. The van der Waals surface area contributed by atoms with Crippen molar-refractivity contribution in [3.05, 3.63) is 100 Å². The number of rotatable bonds is 11. The van der Waals surface area contributed by atoms with Crippen molar-refractivity contribution >= 4 is 22.5 Å². The monoisotopic (exact) mass is 686 g/mol. The van der Waals surface area contributed by atoms with Crippen LogP contribution in [-0.4, -0.2) is 83.8 Å². The second-order valence-electron chi connectivity index (χ2n) is 13.4. The highest BCUT2D eigenvalue weighted by Gasteiger charge is 2.54. The van der Waals surface area contributed by atoms with Gasteiger partial charge in [0.15, 0.2) is 5.78 Å². The lowest BCUT2D eigenvalue weighted by Gasteiger charge is -2.45. The number of aliphatic hydroxyl groups is 4. The molecule has 11 nitrogen and oxygen atoms in total. The third kappa shape index (κ3) is 6.79. The number of aromatic hydroxyl groups is 2. The van der Waals surface area contributed by atoms with Crippen LogP contribution in [0.25, 0.3) is 10.8 Å². The van der Waals surface area contributed by atoms with E-state index in [-0.39, 0.29) is 52.5 Å². The molecule has 1 aliphatic carbocycles. The molecule has 1 saturated carbocycles. The third-order valence-electron chi connectivity index (χ3n) is 10.2. The van der Waals surface area contributed by atoms with E-state index in [1.165, 1.54) is 12.5 Å². The van der Waals surface area contributed by atoms with Crippen molar-refractivity contribution in [2.75, 3.05) is 0 Å². The number of phenols is 2. The average molecular weight is 687 g/mol. The third-order valence-corrected chi connectivity index (χ3v) is 10.2. The summed E-state index contributed by atoms with van der Waals surface area (Å²) >= 11 is 0. The van der Waals surface area contributed by atoms with Gasteiger partial charge in [-0.2, -0.15) is 0 Å². The van der Waals surface area contributed by atoms with Crippen molar-refractivity contribution in [3.63, 3.8) is 0 Å². The first kappa shape index (κ1) is 35.3. The lowest BCUT2D eigenvalue weighted by Crippen LogP contribution is -2.65. The number of carboxylic acids is 1. The Balaban J connectivity index is 1.32. The lowest BCUT2D eigenvalue weighted by molar-refractivity contribution is -0.303. The van der Waals surface area contributed by atoms with Crippen molar-refractivity contribution in [2.24, 2.45) is 0 Å². The molecule has 0 bridgehead atoms. The van der Waals surface area contributed by atoms with Gasteiger partial charge in [0.05, 0.1) is 22.1 Å². The van der Waals surface area contributed by atoms with Crippen LogP contribution in [0.3, 0.4) is 0 Å². The van der Waals surface area contributed by atoms with Gasteiger partial charge in [0, 0.05) is 17.4 Å². The van der Waals surface area contributed by atoms with E-state index in [2.05, 4.69) is 12.1 Å². The molecule has 11 heteroatoms. The van der Waals surface area contributed by atoms with Crippen LogP contribution in [0.15, 0.2) is 66.7 Å². The summed E-state index contributed by atoms with van der Waals surface area (Å²) in [5.74, 6) is -3.24. The summed E-state index contributed by atoms with van der Waals surface area (Å²) in [5.41, 5.74) is 1.26. The number of hydrogen-bond acceptors (Lipinski definition) is 10. The molecule has 4 aromatic carbocycles. The fourth-order valence-electron chi connectivity index (χ4n) is 7.36. The number of ketones is 1. The average Bonchev–Trinajstić information content (AvgIpc) is 3.56. The van der Waals surface area contributed by atoms with E-state index in [4.69, 9.17) is 9.47 Å². The van der Waals surface area contributed by atoms with E-state index in [0.717, 1.165) is 36.1 Å². The first-order valence-corrected chi connectivity index (χ1v) is 16.9. The van der Waals surface area contributed by atoms with Crippen molar-refractivity contribution in [2.45, 2.75) is 94.6 Å². The van der Waals surface area contributed by atoms with Crippen LogP contribution in [0.2, 0.25) is 0 Å². The van der Waals surface area contributed by atoms with Crippen LogP contribution in [0.4, 0.5) is 0 Å². The van der Waals surface area contributed by atoms with E-state index in [1.54, 1.807) is 0 Å². The molecule has 1 saturated heterocycles. The van der Waals surface area contributed by atoms with Gasteiger partial charge >= 0.3 is 5.97 Å². The summed E-state index contributed by atoms with van der Waals surface area (Å²) in [6, 6.07) is 20.0. The summed E-state index contributed by atoms with van der Waals surface area (Å²) in [5, 5.41) is 75.9. The van der Waals surface area contributed by atoms with Gasteiger partial charge in [0.1, 0.15) is 41.7 Å². The summed E-state index contributed by atoms with van der Waals surface area (Å²) in [6.45, 7) is 1.45. The van der Waals surface area contributed by atoms with Gasteiger partial charge in [-0.05, 0) is 67.9 Å². The number of aliphatic hydroxyl groups excluding tert-OH is 3. The van der Waals surface area contributed by atoms with Crippen LogP contribution in [0.1, 0.15) is 75.1 Å². The van der Waals surface area contributed by atoms with Gasteiger partial charge in [-0.15, -0.1) is 0 Å². The zero-order chi connectivity index (χ0) is 35.7. The molecule has 4 aromatic rings. The maximum Gasteiger partial charge on any atom is 0.335 e. The maximum atomic E-state index is 13.8. The Morgan fingerprint density at radius 1 is 0.840 bits per heavy atom. The van der Waals surface area contributed by atoms with E-state index < -0.39 is 59.6 Å². The van der Waals surface area contributed by atoms with Crippen LogP contribution < -0.4 is 4.74 Å². The Kier molecular flexibility index (Phi) is 10.2. The second-order valence-corrected chi connectivity index (χ2v) is 13.4. The van der Waals surface area contributed by atoms with Crippen molar-refractivity contribution in [3.8, 4) is 17.2 Å². The predicted molar refractivity (Wildman–Crippen MR) is 183 cm³/mol. The molecule has 2 fully saturated rings. The number of aryl methyl sites for hydroxylation is 3. The predicted octanol–water partition coefficient (Wildman–Crippen LogP) is 4.35. The maximum absolute atomic E-state index is 13.8. The Bertz CT molecular complexity index is 1880. The number of aromatic carboxylic acids is 1. The van der Waals surface area contributed by atoms with Crippen molar-refractivity contribution in [1.29, 1.82) is 0 Å². The van der Waals surface area contributed by atoms with Gasteiger partial charge in [0.2, 0.25) is 6.29 Å². The topological polar surface area (TPSA) is 194 Å². The molecule has 1 aliphatic heterocycles. The van der Waals surface area contributed by atoms with Crippen molar-refractivity contribution < 1.29 is 54.8 Å². The number of carbonyl (C=O) groups excluding carboxylic acids is 1. The molecular weight excluding hydrogens is 644 g/mol. The Hall–Kier alpha value is -4.52. The smallest absolute Gasteiger partial charge is 0.335 e. The van der Waals surface area contributed by atoms with Gasteiger partial charge in [-0.25, -0.2) is 4.79 Å². The zero-order valence-electron chi connectivity index (χ0n) is 27.7. The molecule has 2 aliphatic rings. The molecular formula is C39H42O11. The molecule has 0 unspecified atom stereocenters. The van der Waals surface area contributed by atoms with E-state index in [9.17, 15) is 45.3 Å². The van der Waals surface area contributed by atoms with E-state index >= 15 is 0 Å². The van der Waals surface area contributed by atoms with E-state index in [0.29, 0.717) is 19.3 Å². The first-order chi connectivity index (χ1) is 23.9. The minimum Gasteiger partial charge on any atom is -0.507 e. The second kappa shape index (κ2) is 14.4. The molecule has 0 aromatic heterocycles. The molecule has 6 rings (SSSR count). The fraction of sp³-hybridized carbons (Fsp3) is 0.385. The minimum atomic E-state index is -1.85. The molecule has 50 heavy (non-hydrogen) atoms. The van der Waals surface area contributed by atoms with Gasteiger partial charge in [-0.1, -0.05) is 67.4 Å². The quantitative estimate of drug-likeness (QED) is 0.0876. The van der Waals surface area contributed by atoms with Gasteiger partial charge in [-0.3, -0.25) is 4.79 Å². The number of benzene rings is 4. The summed E-state index contributed by atoms with van der Waals surface area (Å²) in [7, 11) is 0. The molecule has 5 atom stereocenters. The van der Waals surface area contributed by atoms with Crippen LogP contribution in [0.5, 0.6) is 17.2 Å². The number of Topliss-reactive ketones (excluding diaryl/α,β-unsaturated/α-hetero) is 1. The molecule has 0 amide bonds. The number of phenolic OH excluding ortho intramolecular Hbond substituents is 2. The number of hydrogen-bond donors (Lipinski definition) is 7. The Morgan fingerprint density at radius 2 is 1.48 bits per heavy atom. The van der Waals surface area contributed by atoms with Gasteiger partial charge in [0.25, 0.3) is 0 Å². The molecule has 0 radical (unpaired) electrons. The zero-order valence-corrected chi connectivity index (χ0v) is 27.7. The highest BCUT2D eigenvalue weighted by Crippen LogP contribution is 2.46. The Labute approximate surface area is 289 Å². The SMILES string of the molecule is Cc1c(C(=O)CCc2ccccc2CCc2ccccc2)c(O)c2c(O[C@@H]3O[C@H](C4(O)CCCC4)[C@@H](O)[C@H](O)[C@H]3O)cc(C(=O)O)cc2c1O. The highest BCUT2D eigenvalue weighted by molar-refractivity contribution is 6.11. The Morgan fingerprint density at radius 3 is 2.14 bits per heavy atom. The standard InChI is InChI=1S/C39H42O11/c1-21-29(27(40)16-15-24-12-6-5-11-23(24)14-13-22-9-3-2-4-10-22)32(42)30-26(31(21)41)19-25(37(46)47)20-28(30)49-38-35(45)33(43)34(44)36(50-38)39(48)17-7-8-18-39/h2-6,9-12,19-20,33-36,38,41-45,48H,7-8,13-18H2,1H3,(H,46,47)/t33-,34-,35+,36-,38+/m0/s1. The van der Waals surface area contributed by atoms with Gasteiger partial charge < -0.3 is 45.2 Å². The number of ether oxygens (including phenoxy) is 2. The number of carboxylic acid groups (broad SMARTS) is 1. The largest absolute Gasteiger partial charge is 0.507 e. The first-order valence-electron chi connectivity index (χ1n) is 16.9. The minimum absolute atomic E-state index is 0.0140. The molecule has 7 N–H and O–H groups in total. The van der Waals surface area contributed by atoms with Crippen LogP contribution in [-0.2, 0) is 24.0 Å². The molecule has 264 valence electrons.